The quantitative estimate of drug-likeness (QED) is 0.849. The third-order valence-corrected chi connectivity index (χ3v) is 4.62. The normalized spacial score (nSPS) is 22.4. The van der Waals surface area contributed by atoms with Crippen molar-refractivity contribution in [3.05, 3.63) is 53.9 Å². The molecule has 2 heterocycles. The molecular weight excluding hydrogens is 293 g/mol. The molecule has 5 heteroatoms. The number of benzene rings is 1. The van der Waals surface area contributed by atoms with E-state index in [0.29, 0.717) is 6.04 Å². The van der Waals surface area contributed by atoms with E-state index in [9.17, 15) is 4.39 Å². The van der Waals surface area contributed by atoms with Crippen molar-refractivity contribution in [2.24, 2.45) is 7.05 Å². The second kappa shape index (κ2) is 7.23. The standard InChI is InChI=1S/C18H24FN3O/c1-21-11-16(20-13-21)12-22-9-3-4-18(23-2)17(22)10-14-5-7-15(19)8-6-14/h5-8,11,13,17-18H,3-4,9-10,12H2,1-2H3/t17-,18-/m0/s1. The van der Waals surface area contributed by atoms with Crippen LogP contribution in [0.3, 0.4) is 0 Å². The van der Waals surface area contributed by atoms with Crippen LogP contribution < -0.4 is 0 Å². The minimum atomic E-state index is -0.189. The smallest absolute Gasteiger partial charge is 0.123 e. The number of nitrogens with zero attached hydrogens (tertiary/aromatic N) is 3. The van der Waals surface area contributed by atoms with Crippen molar-refractivity contribution in [3.8, 4) is 0 Å². The number of halogens is 1. The summed E-state index contributed by atoms with van der Waals surface area (Å²) in [6, 6.07) is 7.10. The van der Waals surface area contributed by atoms with Gasteiger partial charge in [0.15, 0.2) is 0 Å². The Morgan fingerprint density at radius 3 is 2.74 bits per heavy atom. The fourth-order valence-electron chi connectivity index (χ4n) is 3.44. The van der Waals surface area contributed by atoms with E-state index in [2.05, 4.69) is 16.1 Å². The highest BCUT2D eigenvalue weighted by atomic mass is 19.1. The lowest BCUT2D eigenvalue weighted by Crippen LogP contribution is -2.49. The van der Waals surface area contributed by atoms with Crippen LogP contribution in [0.15, 0.2) is 36.8 Å². The number of piperidine rings is 1. The molecule has 0 amide bonds. The van der Waals surface area contributed by atoms with Crippen molar-refractivity contribution in [1.29, 1.82) is 0 Å². The van der Waals surface area contributed by atoms with E-state index in [1.807, 2.05) is 30.1 Å². The first-order valence-corrected chi connectivity index (χ1v) is 8.14. The Morgan fingerprint density at radius 1 is 1.30 bits per heavy atom. The maximum absolute atomic E-state index is 13.1. The van der Waals surface area contributed by atoms with Crippen LogP contribution in [0.2, 0.25) is 0 Å². The van der Waals surface area contributed by atoms with E-state index in [1.54, 1.807) is 7.11 Å². The third kappa shape index (κ3) is 3.98. The number of likely N-dealkylation sites (tertiary alicyclic amines) is 1. The Bertz CT molecular complexity index is 625. The lowest BCUT2D eigenvalue weighted by molar-refractivity contribution is -0.0222. The maximum Gasteiger partial charge on any atom is 0.123 e. The van der Waals surface area contributed by atoms with Crippen LogP contribution in [-0.2, 0) is 24.8 Å². The number of rotatable bonds is 5. The molecule has 4 nitrogen and oxygen atoms in total. The van der Waals surface area contributed by atoms with E-state index < -0.39 is 0 Å². The number of aryl methyl sites for hydroxylation is 1. The average Bonchev–Trinajstić information content (AvgIpc) is 2.96. The predicted octanol–water partition coefficient (Wildman–Crippen LogP) is 2.78. The summed E-state index contributed by atoms with van der Waals surface area (Å²) in [5, 5.41) is 0. The van der Waals surface area contributed by atoms with Gasteiger partial charge in [-0.15, -0.1) is 0 Å². The molecular formula is C18H24FN3O. The summed E-state index contributed by atoms with van der Waals surface area (Å²) in [5.41, 5.74) is 2.22. The number of methoxy groups -OCH3 is 1. The average molecular weight is 317 g/mol. The van der Waals surface area contributed by atoms with Gasteiger partial charge in [-0.3, -0.25) is 4.90 Å². The molecule has 1 aliphatic heterocycles. The maximum atomic E-state index is 13.1. The minimum absolute atomic E-state index is 0.189. The van der Waals surface area contributed by atoms with Crippen molar-refractivity contribution in [3.63, 3.8) is 0 Å². The predicted molar refractivity (Wildman–Crippen MR) is 87.5 cm³/mol. The van der Waals surface area contributed by atoms with Crippen LogP contribution in [0.4, 0.5) is 4.39 Å². The SMILES string of the molecule is CO[C@H]1CCCN(Cc2cn(C)cn2)[C@H]1Cc1ccc(F)cc1. The molecule has 2 aromatic rings. The number of hydrogen-bond donors (Lipinski definition) is 0. The van der Waals surface area contributed by atoms with Crippen LogP contribution in [-0.4, -0.2) is 40.3 Å². The fraction of sp³-hybridized carbons (Fsp3) is 0.500. The number of hydrogen-bond acceptors (Lipinski definition) is 3. The minimum Gasteiger partial charge on any atom is -0.380 e. The summed E-state index contributed by atoms with van der Waals surface area (Å²) >= 11 is 0. The van der Waals surface area contributed by atoms with Crippen molar-refractivity contribution in [2.75, 3.05) is 13.7 Å². The lowest BCUT2D eigenvalue weighted by atomic mass is 9.92. The van der Waals surface area contributed by atoms with Gasteiger partial charge in [0, 0.05) is 32.9 Å². The Balaban J connectivity index is 1.76. The lowest BCUT2D eigenvalue weighted by Gasteiger charge is -2.40. The largest absolute Gasteiger partial charge is 0.380 e. The van der Waals surface area contributed by atoms with Crippen molar-refractivity contribution >= 4 is 0 Å². The number of imidazole rings is 1. The molecule has 1 saturated heterocycles. The molecule has 124 valence electrons. The Hall–Kier alpha value is -1.72. The Morgan fingerprint density at radius 2 is 2.09 bits per heavy atom. The van der Waals surface area contributed by atoms with E-state index in [0.717, 1.165) is 43.6 Å². The van der Waals surface area contributed by atoms with E-state index in [4.69, 9.17) is 4.74 Å². The van der Waals surface area contributed by atoms with E-state index in [1.165, 1.54) is 12.1 Å². The van der Waals surface area contributed by atoms with Gasteiger partial charge in [0.1, 0.15) is 5.82 Å². The summed E-state index contributed by atoms with van der Waals surface area (Å²) < 4.78 is 20.8. The van der Waals surface area contributed by atoms with E-state index in [-0.39, 0.29) is 11.9 Å². The molecule has 0 radical (unpaired) electrons. The molecule has 1 aromatic carbocycles. The zero-order valence-corrected chi connectivity index (χ0v) is 13.8. The monoisotopic (exact) mass is 317 g/mol. The summed E-state index contributed by atoms with van der Waals surface area (Å²) in [7, 11) is 3.77. The molecule has 1 aromatic heterocycles. The third-order valence-electron chi connectivity index (χ3n) is 4.62. The van der Waals surface area contributed by atoms with Gasteiger partial charge in [-0.25, -0.2) is 9.37 Å². The van der Waals surface area contributed by atoms with Gasteiger partial charge in [0.2, 0.25) is 0 Å². The zero-order chi connectivity index (χ0) is 16.2. The van der Waals surface area contributed by atoms with Gasteiger partial charge >= 0.3 is 0 Å². The van der Waals surface area contributed by atoms with Gasteiger partial charge in [0.05, 0.1) is 18.1 Å². The molecule has 0 aliphatic carbocycles. The highest BCUT2D eigenvalue weighted by Gasteiger charge is 2.31. The molecule has 0 N–H and O–H groups in total. The molecule has 0 unspecified atom stereocenters. The van der Waals surface area contributed by atoms with Crippen LogP contribution in [0.25, 0.3) is 0 Å². The highest BCUT2D eigenvalue weighted by Crippen LogP contribution is 2.25. The second-order valence-corrected chi connectivity index (χ2v) is 6.32. The van der Waals surface area contributed by atoms with E-state index >= 15 is 0 Å². The van der Waals surface area contributed by atoms with Gasteiger partial charge in [-0.05, 0) is 43.5 Å². The molecule has 1 fully saturated rings. The van der Waals surface area contributed by atoms with Crippen LogP contribution in [0, 0.1) is 5.82 Å². The van der Waals surface area contributed by atoms with Crippen molar-refractivity contribution in [2.45, 2.75) is 38.0 Å². The van der Waals surface area contributed by atoms with Crippen LogP contribution in [0.1, 0.15) is 24.1 Å². The van der Waals surface area contributed by atoms with Gasteiger partial charge in [0.25, 0.3) is 0 Å². The Labute approximate surface area is 136 Å². The van der Waals surface area contributed by atoms with Crippen molar-refractivity contribution < 1.29 is 9.13 Å². The molecule has 0 bridgehead atoms. The summed E-state index contributed by atoms with van der Waals surface area (Å²) in [5.74, 6) is -0.189. The first-order chi connectivity index (χ1) is 11.2. The van der Waals surface area contributed by atoms with Crippen LogP contribution in [0.5, 0.6) is 0 Å². The molecule has 2 atom stereocenters. The zero-order valence-electron chi connectivity index (χ0n) is 13.8. The Kier molecular flexibility index (Phi) is 5.08. The molecule has 3 rings (SSSR count). The summed E-state index contributed by atoms with van der Waals surface area (Å²) in [4.78, 5) is 6.89. The van der Waals surface area contributed by atoms with Crippen molar-refractivity contribution in [1.82, 2.24) is 14.5 Å². The second-order valence-electron chi connectivity index (χ2n) is 6.32. The topological polar surface area (TPSA) is 30.3 Å². The summed E-state index contributed by atoms with van der Waals surface area (Å²) in [6.45, 7) is 1.87. The number of aromatic nitrogens is 2. The summed E-state index contributed by atoms with van der Waals surface area (Å²) in [6.07, 6.45) is 7.17. The van der Waals surface area contributed by atoms with Gasteiger partial charge in [-0.2, -0.15) is 0 Å². The van der Waals surface area contributed by atoms with Crippen LogP contribution >= 0.6 is 0 Å². The molecule has 0 saturated carbocycles. The fourth-order valence-corrected chi connectivity index (χ4v) is 3.44. The molecule has 0 spiro atoms. The molecule has 23 heavy (non-hydrogen) atoms. The first kappa shape index (κ1) is 16.1. The van der Waals surface area contributed by atoms with Gasteiger partial charge in [-0.1, -0.05) is 12.1 Å². The number of ether oxygens (including phenoxy) is 1. The van der Waals surface area contributed by atoms with Gasteiger partial charge < -0.3 is 9.30 Å². The first-order valence-electron chi connectivity index (χ1n) is 8.14. The highest BCUT2D eigenvalue weighted by molar-refractivity contribution is 5.18. The molecule has 1 aliphatic rings.